The zero-order valence-electron chi connectivity index (χ0n) is 19.7. The number of thioether (sulfide) groups is 1. The van der Waals surface area contributed by atoms with Crippen LogP contribution in [0.5, 0.6) is 11.5 Å². The number of aryl methyl sites for hydroxylation is 1. The van der Waals surface area contributed by atoms with E-state index in [1.54, 1.807) is 17.2 Å². The Hall–Kier alpha value is -3.37. The molecule has 2 aliphatic heterocycles. The summed E-state index contributed by atoms with van der Waals surface area (Å²) < 4.78 is 12.8. The maximum absolute atomic E-state index is 13.6. The molecule has 184 valence electrons. The number of carbonyl (C=O) groups excluding carboxylic acids is 1. The van der Waals surface area contributed by atoms with Crippen molar-refractivity contribution in [1.29, 1.82) is 0 Å². The van der Waals surface area contributed by atoms with E-state index in [9.17, 15) is 9.59 Å². The second-order valence-corrected chi connectivity index (χ2v) is 10.9. The molecule has 1 aromatic carbocycles. The second-order valence-electron chi connectivity index (χ2n) is 9.20. The van der Waals surface area contributed by atoms with Gasteiger partial charge in [0.1, 0.15) is 15.8 Å². The Morgan fingerprint density at radius 1 is 1.17 bits per heavy atom. The standard InChI is InChI=1S/C26H24N4O4S2/c1-15-6-9-22-28-23(27-17-4-2-3-5-17)18(24(31)29(22)12-15)11-21-25(32)30(26(35)36-21)13-16-7-8-19-20(10-16)34-14-33-19/h6-12,17,27H,2-5,13-14H2,1H3/b21-11+. The van der Waals surface area contributed by atoms with Crippen LogP contribution in [0.15, 0.2) is 46.2 Å². The van der Waals surface area contributed by atoms with Crippen molar-refractivity contribution in [2.45, 2.75) is 45.2 Å². The molecule has 6 rings (SSSR count). The number of hydrogen-bond donors (Lipinski definition) is 1. The van der Waals surface area contributed by atoms with E-state index in [0.717, 1.165) is 36.8 Å². The highest BCUT2D eigenvalue weighted by atomic mass is 32.2. The van der Waals surface area contributed by atoms with Crippen molar-refractivity contribution in [2.24, 2.45) is 0 Å². The third-order valence-corrected chi connectivity index (χ3v) is 8.01. The number of pyridine rings is 1. The molecule has 2 aromatic heterocycles. The molecule has 1 amide bonds. The Morgan fingerprint density at radius 3 is 2.81 bits per heavy atom. The van der Waals surface area contributed by atoms with E-state index < -0.39 is 0 Å². The molecule has 36 heavy (non-hydrogen) atoms. The number of thiocarbonyl (C=S) groups is 1. The van der Waals surface area contributed by atoms with E-state index in [1.807, 2.05) is 37.3 Å². The van der Waals surface area contributed by atoms with Gasteiger partial charge in [0.15, 0.2) is 11.5 Å². The Morgan fingerprint density at radius 2 is 1.97 bits per heavy atom. The monoisotopic (exact) mass is 520 g/mol. The number of fused-ring (bicyclic) bond motifs is 2. The summed E-state index contributed by atoms with van der Waals surface area (Å²) in [6.07, 6.45) is 7.78. The summed E-state index contributed by atoms with van der Waals surface area (Å²) in [6.45, 7) is 2.42. The smallest absolute Gasteiger partial charge is 0.267 e. The van der Waals surface area contributed by atoms with Gasteiger partial charge in [0.2, 0.25) is 6.79 Å². The zero-order chi connectivity index (χ0) is 24.8. The number of nitrogens with one attached hydrogen (secondary N) is 1. The van der Waals surface area contributed by atoms with E-state index in [-0.39, 0.29) is 24.3 Å². The Kier molecular flexibility index (Phi) is 5.93. The van der Waals surface area contributed by atoms with E-state index in [4.69, 9.17) is 26.7 Å². The lowest BCUT2D eigenvalue weighted by Crippen LogP contribution is -2.27. The molecule has 1 saturated carbocycles. The maximum atomic E-state index is 13.6. The maximum Gasteiger partial charge on any atom is 0.267 e. The number of aromatic nitrogens is 2. The molecule has 1 saturated heterocycles. The van der Waals surface area contributed by atoms with Crippen LogP contribution in [0.1, 0.15) is 42.4 Å². The van der Waals surface area contributed by atoms with E-state index >= 15 is 0 Å². The predicted molar refractivity (Wildman–Crippen MR) is 143 cm³/mol. The number of anilines is 1. The molecule has 1 N–H and O–H groups in total. The van der Waals surface area contributed by atoms with Crippen LogP contribution in [0, 0.1) is 6.92 Å². The minimum Gasteiger partial charge on any atom is -0.454 e. The van der Waals surface area contributed by atoms with Crippen LogP contribution in [0.25, 0.3) is 11.7 Å². The number of benzene rings is 1. The van der Waals surface area contributed by atoms with Gasteiger partial charge in [-0.25, -0.2) is 4.98 Å². The molecule has 8 nitrogen and oxygen atoms in total. The van der Waals surface area contributed by atoms with Gasteiger partial charge >= 0.3 is 0 Å². The van der Waals surface area contributed by atoms with Gasteiger partial charge in [-0.2, -0.15) is 0 Å². The highest BCUT2D eigenvalue weighted by Crippen LogP contribution is 2.37. The normalized spacial score (nSPS) is 18.7. The average Bonchev–Trinajstić information content (AvgIpc) is 3.60. The highest BCUT2D eigenvalue weighted by Gasteiger charge is 2.33. The fraction of sp³-hybridized carbons (Fsp3) is 0.308. The minimum atomic E-state index is -0.233. The van der Waals surface area contributed by atoms with Crippen LogP contribution in [0.4, 0.5) is 5.82 Å². The van der Waals surface area contributed by atoms with Crippen molar-refractivity contribution in [3.05, 3.63) is 68.5 Å². The largest absolute Gasteiger partial charge is 0.454 e. The third kappa shape index (κ3) is 4.24. The number of carbonyl (C=O) groups is 1. The predicted octanol–water partition coefficient (Wildman–Crippen LogP) is 4.49. The van der Waals surface area contributed by atoms with Gasteiger partial charge in [0.25, 0.3) is 11.5 Å². The van der Waals surface area contributed by atoms with Gasteiger partial charge in [-0.05, 0) is 55.2 Å². The average molecular weight is 521 g/mol. The van der Waals surface area contributed by atoms with Crippen LogP contribution in [0.2, 0.25) is 0 Å². The van der Waals surface area contributed by atoms with Gasteiger partial charge in [-0.3, -0.25) is 18.9 Å². The summed E-state index contributed by atoms with van der Waals surface area (Å²) in [5.74, 6) is 1.62. The first-order valence-corrected chi connectivity index (χ1v) is 13.1. The quantitative estimate of drug-likeness (QED) is 0.389. The fourth-order valence-corrected chi connectivity index (χ4v) is 5.99. The number of amides is 1. The third-order valence-electron chi connectivity index (χ3n) is 6.63. The van der Waals surface area contributed by atoms with Crippen molar-refractivity contribution in [3.8, 4) is 11.5 Å². The molecule has 10 heteroatoms. The second kappa shape index (κ2) is 9.25. The Balaban J connectivity index is 1.35. The Labute approximate surface area is 217 Å². The molecule has 3 aromatic rings. The summed E-state index contributed by atoms with van der Waals surface area (Å²) in [5.41, 5.74) is 2.55. The molecule has 0 spiro atoms. The molecular formula is C26H24N4O4S2. The van der Waals surface area contributed by atoms with Gasteiger partial charge in [-0.1, -0.05) is 49.0 Å². The molecule has 1 aliphatic carbocycles. The van der Waals surface area contributed by atoms with Crippen molar-refractivity contribution < 1.29 is 14.3 Å². The van der Waals surface area contributed by atoms with Crippen molar-refractivity contribution >= 4 is 51.7 Å². The molecule has 0 atom stereocenters. The summed E-state index contributed by atoms with van der Waals surface area (Å²) >= 11 is 6.74. The van der Waals surface area contributed by atoms with E-state index in [0.29, 0.717) is 44.3 Å². The first kappa shape index (κ1) is 23.1. The molecular weight excluding hydrogens is 496 g/mol. The Bertz CT molecular complexity index is 1490. The minimum absolute atomic E-state index is 0.189. The number of rotatable bonds is 5. The van der Waals surface area contributed by atoms with Crippen LogP contribution >= 0.6 is 24.0 Å². The molecule has 0 unspecified atom stereocenters. The van der Waals surface area contributed by atoms with Gasteiger partial charge in [-0.15, -0.1) is 0 Å². The lowest BCUT2D eigenvalue weighted by atomic mass is 10.2. The molecule has 0 bridgehead atoms. The van der Waals surface area contributed by atoms with Crippen LogP contribution < -0.4 is 20.3 Å². The van der Waals surface area contributed by atoms with Crippen molar-refractivity contribution in [3.63, 3.8) is 0 Å². The lowest BCUT2D eigenvalue weighted by Gasteiger charge is -2.16. The summed E-state index contributed by atoms with van der Waals surface area (Å²) in [5, 5.41) is 3.47. The van der Waals surface area contributed by atoms with Gasteiger partial charge in [0, 0.05) is 12.2 Å². The number of hydrogen-bond acceptors (Lipinski definition) is 8. The molecule has 4 heterocycles. The summed E-state index contributed by atoms with van der Waals surface area (Å²) in [4.78, 5) is 33.7. The SMILES string of the molecule is Cc1ccc2nc(NC3CCCC3)c(/C=C3/SC(=S)N(Cc4ccc5c(c4)OCO5)C3=O)c(=O)n2c1. The van der Waals surface area contributed by atoms with Crippen LogP contribution in [0.3, 0.4) is 0 Å². The van der Waals surface area contributed by atoms with Crippen LogP contribution in [-0.2, 0) is 11.3 Å². The zero-order valence-corrected chi connectivity index (χ0v) is 21.3. The molecule has 2 fully saturated rings. The first-order chi connectivity index (χ1) is 17.5. The van der Waals surface area contributed by atoms with Crippen molar-refractivity contribution in [1.82, 2.24) is 14.3 Å². The number of nitrogens with zero attached hydrogens (tertiary/aromatic N) is 3. The summed E-state index contributed by atoms with van der Waals surface area (Å²) in [6, 6.07) is 9.61. The molecule has 0 radical (unpaired) electrons. The van der Waals surface area contributed by atoms with Gasteiger partial charge in [0.05, 0.1) is 17.0 Å². The lowest BCUT2D eigenvalue weighted by molar-refractivity contribution is -0.122. The van der Waals surface area contributed by atoms with Crippen molar-refractivity contribution in [2.75, 3.05) is 12.1 Å². The van der Waals surface area contributed by atoms with E-state index in [1.165, 1.54) is 16.2 Å². The highest BCUT2D eigenvalue weighted by molar-refractivity contribution is 8.26. The van der Waals surface area contributed by atoms with Gasteiger partial charge < -0.3 is 14.8 Å². The first-order valence-electron chi connectivity index (χ1n) is 11.9. The number of ether oxygens (including phenoxy) is 2. The molecule has 3 aliphatic rings. The summed E-state index contributed by atoms with van der Waals surface area (Å²) in [7, 11) is 0. The topological polar surface area (TPSA) is 85.2 Å². The fourth-order valence-electron chi connectivity index (χ4n) is 4.75. The van der Waals surface area contributed by atoms with E-state index in [2.05, 4.69) is 5.32 Å². The van der Waals surface area contributed by atoms with Crippen LogP contribution in [-0.4, -0.2) is 37.3 Å².